The quantitative estimate of drug-likeness (QED) is 0.268. The van der Waals surface area contributed by atoms with Gasteiger partial charge in [0.1, 0.15) is 6.04 Å². The van der Waals surface area contributed by atoms with Crippen molar-refractivity contribution in [3.8, 4) is 0 Å². The van der Waals surface area contributed by atoms with Gasteiger partial charge in [0.2, 0.25) is 5.91 Å². The van der Waals surface area contributed by atoms with E-state index in [2.05, 4.69) is 12.2 Å². The lowest BCUT2D eigenvalue weighted by molar-refractivity contribution is -0.140. The Morgan fingerprint density at radius 2 is 1.22 bits per heavy atom. The highest BCUT2D eigenvalue weighted by atomic mass is 16.4. The first-order valence-corrected chi connectivity index (χ1v) is 11.2. The van der Waals surface area contributed by atoms with Crippen molar-refractivity contribution in [3.63, 3.8) is 0 Å². The number of nitrogens with one attached hydrogen (secondary N) is 1. The smallest absolute Gasteiger partial charge is 0.321 e. The lowest BCUT2D eigenvalue weighted by atomic mass is 10.0. The zero-order valence-corrected chi connectivity index (χ0v) is 17.8. The average Bonchev–Trinajstić information content (AvgIpc) is 2.61. The molecule has 0 saturated carbocycles. The van der Waals surface area contributed by atoms with Crippen molar-refractivity contribution < 1.29 is 14.7 Å². The minimum Gasteiger partial charge on any atom is -0.480 e. The van der Waals surface area contributed by atoms with Crippen LogP contribution < -0.4 is 11.1 Å². The van der Waals surface area contributed by atoms with Crippen molar-refractivity contribution in [2.45, 2.75) is 129 Å². The molecule has 0 aromatic heterocycles. The van der Waals surface area contributed by atoms with Crippen molar-refractivity contribution >= 4 is 11.9 Å². The molecule has 0 aliphatic rings. The highest BCUT2D eigenvalue weighted by Gasteiger charge is 2.17. The predicted molar refractivity (Wildman–Crippen MR) is 113 cm³/mol. The fraction of sp³-hybridized carbons (Fsp3) is 0.909. The first kappa shape index (κ1) is 25.9. The van der Waals surface area contributed by atoms with Crippen LogP contribution in [0.25, 0.3) is 0 Å². The number of amides is 1. The molecule has 5 heteroatoms. The van der Waals surface area contributed by atoms with Crippen LogP contribution in [0.3, 0.4) is 0 Å². The zero-order valence-electron chi connectivity index (χ0n) is 17.8. The summed E-state index contributed by atoms with van der Waals surface area (Å²) in [6.07, 6.45) is 19.5. The van der Waals surface area contributed by atoms with Crippen molar-refractivity contribution in [1.29, 1.82) is 0 Å². The number of carboxylic acids is 1. The van der Waals surface area contributed by atoms with E-state index in [0.29, 0.717) is 0 Å². The van der Waals surface area contributed by atoms with Crippen molar-refractivity contribution in [2.24, 2.45) is 5.73 Å². The van der Waals surface area contributed by atoms with Gasteiger partial charge in [-0.25, -0.2) is 0 Å². The molecule has 1 unspecified atom stereocenters. The first-order valence-electron chi connectivity index (χ1n) is 11.2. The van der Waals surface area contributed by atoms with Crippen molar-refractivity contribution in [3.05, 3.63) is 0 Å². The summed E-state index contributed by atoms with van der Waals surface area (Å²) >= 11 is 0. The summed E-state index contributed by atoms with van der Waals surface area (Å²) in [5.74, 6) is -1.41. The Morgan fingerprint density at radius 3 is 1.63 bits per heavy atom. The van der Waals surface area contributed by atoms with E-state index < -0.39 is 12.0 Å². The van der Waals surface area contributed by atoms with Crippen LogP contribution in [0.1, 0.15) is 117 Å². The minimum absolute atomic E-state index is 0.0795. The van der Waals surface area contributed by atoms with Crippen LogP contribution >= 0.6 is 0 Å². The van der Waals surface area contributed by atoms with E-state index >= 15 is 0 Å². The van der Waals surface area contributed by atoms with E-state index in [-0.39, 0.29) is 18.4 Å². The van der Waals surface area contributed by atoms with Crippen LogP contribution in [0.4, 0.5) is 0 Å². The Hall–Kier alpha value is -1.10. The molecule has 0 aromatic rings. The number of aliphatic carboxylic acids is 1. The Morgan fingerprint density at radius 1 is 0.815 bits per heavy atom. The molecule has 0 rings (SSSR count). The lowest BCUT2D eigenvalue weighted by Gasteiger charge is -2.14. The number of carboxylic acid groups (broad SMARTS) is 1. The molecule has 2 atom stereocenters. The molecule has 0 aliphatic heterocycles. The third kappa shape index (κ3) is 18.0. The van der Waals surface area contributed by atoms with Gasteiger partial charge in [-0.15, -0.1) is 0 Å². The van der Waals surface area contributed by atoms with Gasteiger partial charge in [-0.3, -0.25) is 9.59 Å². The number of unbranched alkanes of at least 4 members (excludes halogenated alkanes) is 13. The summed E-state index contributed by atoms with van der Waals surface area (Å²) in [5.41, 5.74) is 5.36. The molecule has 0 heterocycles. The molecule has 160 valence electrons. The van der Waals surface area contributed by atoms with Gasteiger partial charge < -0.3 is 16.2 Å². The highest BCUT2D eigenvalue weighted by molar-refractivity contribution is 5.84. The standard InChI is InChI=1S/C22H44N2O3/c1-3-4-5-6-7-8-9-10-11-12-13-14-15-16-17-19(2)24-21(25)18-20(23)22(26)27/h19-20H,3-18,23H2,1-2H3,(H,24,25)(H,26,27)/t19?,20-/m0/s1. The number of carbonyl (C=O) groups is 2. The molecule has 0 spiro atoms. The topological polar surface area (TPSA) is 92.4 Å². The van der Waals surface area contributed by atoms with E-state index in [1.165, 1.54) is 83.5 Å². The van der Waals surface area contributed by atoms with E-state index in [9.17, 15) is 9.59 Å². The number of hydrogen-bond donors (Lipinski definition) is 3. The summed E-state index contributed by atoms with van der Waals surface area (Å²) in [6.45, 7) is 4.23. The van der Waals surface area contributed by atoms with Gasteiger partial charge in [-0.05, 0) is 13.3 Å². The summed E-state index contributed by atoms with van der Waals surface area (Å²) in [7, 11) is 0. The fourth-order valence-corrected chi connectivity index (χ4v) is 3.34. The molecule has 0 saturated heterocycles. The van der Waals surface area contributed by atoms with Gasteiger partial charge in [0.05, 0.1) is 6.42 Å². The number of rotatable bonds is 19. The number of hydrogen-bond acceptors (Lipinski definition) is 3. The van der Waals surface area contributed by atoms with Crippen LogP contribution in [-0.2, 0) is 9.59 Å². The van der Waals surface area contributed by atoms with Crippen LogP contribution in [-0.4, -0.2) is 29.1 Å². The Labute approximate surface area is 166 Å². The maximum absolute atomic E-state index is 11.7. The summed E-state index contributed by atoms with van der Waals surface area (Å²) in [4.78, 5) is 22.3. The van der Waals surface area contributed by atoms with Crippen LogP contribution in [0.15, 0.2) is 0 Å². The summed E-state index contributed by atoms with van der Waals surface area (Å²) in [5, 5.41) is 11.5. The molecule has 0 bridgehead atoms. The molecular weight excluding hydrogens is 340 g/mol. The monoisotopic (exact) mass is 384 g/mol. The number of carbonyl (C=O) groups excluding carboxylic acids is 1. The van der Waals surface area contributed by atoms with E-state index in [4.69, 9.17) is 10.8 Å². The SMILES string of the molecule is CCCCCCCCCCCCCCCCC(C)NC(=O)C[C@H](N)C(=O)O. The Kier molecular flexibility index (Phi) is 17.5. The summed E-state index contributed by atoms with van der Waals surface area (Å²) < 4.78 is 0. The fourth-order valence-electron chi connectivity index (χ4n) is 3.34. The second-order valence-electron chi connectivity index (χ2n) is 8.00. The third-order valence-electron chi connectivity index (χ3n) is 5.12. The van der Waals surface area contributed by atoms with Gasteiger partial charge in [-0.2, -0.15) is 0 Å². The van der Waals surface area contributed by atoms with E-state index in [0.717, 1.165) is 12.8 Å². The predicted octanol–water partition coefficient (Wildman–Crippen LogP) is 5.16. The molecular formula is C22H44N2O3. The van der Waals surface area contributed by atoms with Gasteiger partial charge in [0.15, 0.2) is 0 Å². The molecule has 0 fully saturated rings. The normalized spacial score (nSPS) is 13.3. The highest BCUT2D eigenvalue weighted by Crippen LogP contribution is 2.13. The van der Waals surface area contributed by atoms with Gasteiger partial charge in [-0.1, -0.05) is 96.8 Å². The molecule has 27 heavy (non-hydrogen) atoms. The Balaban J connectivity index is 3.34. The molecule has 0 aliphatic carbocycles. The van der Waals surface area contributed by atoms with Gasteiger partial charge in [0, 0.05) is 6.04 Å². The van der Waals surface area contributed by atoms with E-state index in [1.807, 2.05) is 6.92 Å². The van der Waals surface area contributed by atoms with Gasteiger partial charge >= 0.3 is 5.97 Å². The molecule has 4 N–H and O–H groups in total. The maximum Gasteiger partial charge on any atom is 0.321 e. The first-order chi connectivity index (χ1) is 13.0. The maximum atomic E-state index is 11.7. The lowest BCUT2D eigenvalue weighted by Crippen LogP contribution is -2.40. The molecule has 5 nitrogen and oxygen atoms in total. The average molecular weight is 385 g/mol. The van der Waals surface area contributed by atoms with Crippen LogP contribution in [0.5, 0.6) is 0 Å². The third-order valence-corrected chi connectivity index (χ3v) is 5.12. The second-order valence-corrected chi connectivity index (χ2v) is 8.00. The van der Waals surface area contributed by atoms with Crippen molar-refractivity contribution in [2.75, 3.05) is 0 Å². The zero-order chi connectivity index (χ0) is 20.3. The molecule has 0 radical (unpaired) electrons. The second kappa shape index (κ2) is 18.3. The molecule has 1 amide bonds. The van der Waals surface area contributed by atoms with Crippen molar-refractivity contribution in [1.82, 2.24) is 5.32 Å². The van der Waals surface area contributed by atoms with E-state index in [1.54, 1.807) is 0 Å². The summed E-state index contributed by atoms with van der Waals surface area (Å²) in [6, 6.07) is -1.03. The van der Waals surface area contributed by atoms with Crippen LogP contribution in [0, 0.1) is 0 Å². The minimum atomic E-state index is -1.13. The Bertz CT molecular complexity index is 375. The van der Waals surface area contributed by atoms with Crippen LogP contribution in [0.2, 0.25) is 0 Å². The number of nitrogens with two attached hydrogens (primary N) is 1. The van der Waals surface area contributed by atoms with Gasteiger partial charge in [0.25, 0.3) is 0 Å². The largest absolute Gasteiger partial charge is 0.480 e. The molecule has 0 aromatic carbocycles.